The van der Waals surface area contributed by atoms with Crippen molar-refractivity contribution in [1.82, 2.24) is 4.98 Å². The van der Waals surface area contributed by atoms with Crippen LogP contribution in [0.5, 0.6) is 0 Å². The number of hydrogen-bond acceptors (Lipinski definition) is 5. The predicted octanol–water partition coefficient (Wildman–Crippen LogP) is 4.42. The Morgan fingerprint density at radius 2 is 1.80 bits per heavy atom. The third-order valence-electron chi connectivity index (χ3n) is 5.62. The van der Waals surface area contributed by atoms with Crippen LogP contribution in [0.3, 0.4) is 0 Å². The first-order chi connectivity index (χ1) is 14.3. The fourth-order valence-corrected chi connectivity index (χ4v) is 6.52. The van der Waals surface area contributed by atoms with Gasteiger partial charge < -0.3 is 5.32 Å². The minimum absolute atomic E-state index is 0.0490. The van der Waals surface area contributed by atoms with E-state index in [1.54, 1.807) is 30.3 Å². The molecular formula is C20H21F3N2O3S2. The molecule has 1 amide bonds. The van der Waals surface area contributed by atoms with E-state index in [0.29, 0.717) is 29.7 Å². The van der Waals surface area contributed by atoms with Crippen molar-refractivity contribution < 1.29 is 26.4 Å². The standard InChI is InChI=1S/C20H21F3N2O3S2/c21-15-9-11(10-16(15)22)8-14(12-4-2-1-3-5-12)18(26)24-20-25-19(17(23)29-20)30(27,28)13-6-7-13/h1-5,11,13-16H,6-10H2,(H,24,25,26)/t11?,14?,15-,16+. The molecular weight excluding hydrogens is 437 g/mol. The number of benzene rings is 1. The van der Waals surface area contributed by atoms with Crippen molar-refractivity contribution in [2.45, 2.75) is 60.6 Å². The molecule has 2 aliphatic rings. The summed E-state index contributed by atoms with van der Waals surface area (Å²) in [5.41, 5.74) is 0.663. The van der Waals surface area contributed by atoms with Gasteiger partial charge in [0.2, 0.25) is 25.9 Å². The van der Waals surface area contributed by atoms with Crippen LogP contribution in [-0.2, 0) is 14.6 Å². The summed E-state index contributed by atoms with van der Waals surface area (Å²) in [5.74, 6) is -1.53. The maximum atomic E-state index is 14.2. The van der Waals surface area contributed by atoms with Crippen molar-refractivity contribution in [1.29, 1.82) is 0 Å². The van der Waals surface area contributed by atoms with Gasteiger partial charge in [-0.05, 0) is 43.6 Å². The fourth-order valence-electron chi connectivity index (χ4n) is 3.88. The first kappa shape index (κ1) is 21.3. The molecule has 1 aromatic heterocycles. The molecule has 0 aliphatic heterocycles. The van der Waals surface area contributed by atoms with Crippen molar-refractivity contribution in [2.24, 2.45) is 5.92 Å². The van der Waals surface area contributed by atoms with Crippen LogP contribution in [0, 0.1) is 11.0 Å². The van der Waals surface area contributed by atoms with Crippen LogP contribution in [-0.4, -0.2) is 36.9 Å². The van der Waals surface area contributed by atoms with E-state index >= 15 is 0 Å². The number of hydrogen-bond donors (Lipinski definition) is 1. The molecule has 0 bridgehead atoms. The van der Waals surface area contributed by atoms with E-state index in [4.69, 9.17) is 0 Å². The molecule has 0 radical (unpaired) electrons. The van der Waals surface area contributed by atoms with E-state index in [1.165, 1.54) is 0 Å². The van der Waals surface area contributed by atoms with E-state index in [9.17, 15) is 26.4 Å². The number of carbonyl (C=O) groups is 1. The van der Waals surface area contributed by atoms with Gasteiger partial charge in [0.1, 0.15) is 12.3 Å². The molecule has 5 nitrogen and oxygen atoms in total. The molecule has 2 aromatic rings. The van der Waals surface area contributed by atoms with E-state index in [2.05, 4.69) is 10.3 Å². The molecule has 30 heavy (non-hydrogen) atoms. The van der Waals surface area contributed by atoms with Crippen LogP contribution in [0.1, 0.15) is 43.6 Å². The number of nitrogens with zero attached hydrogens (tertiary/aromatic N) is 1. The topological polar surface area (TPSA) is 76.1 Å². The Morgan fingerprint density at radius 3 is 2.40 bits per heavy atom. The average Bonchev–Trinajstić information content (AvgIpc) is 3.44. The molecule has 4 rings (SSSR count). The molecule has 162 valence electrons. The van der Waals surface area contributed by atoms with Gasteiger partial charge in [0.15, 0.2) is 5.13 Å². The van der Waals surface area contributed by atoms with Gasteiger partial charge in [-0.1, -0.05) is 41.7 Å². The summed E-state index contributed by atoms with van der Waals surface area (Å²) in [4.78, 5) is 16.8. The quantitative estimate of drug-likeness (QED) is 0.667. The Kier molecular flexibility index (Phi) is 5.89. The molecule has 1 heterocycles. The Morgan fingerprint density at radius 1 is 1.17 bits per heavy atom. The van der Waals surface area contributed by atoms with Crippen molar-refractivity contribution in [3.8, 4) is 0 Å². The molecule has 0 saturated heterocycles. The van der Waals surface area contributed by atoms with Crippen LogP contribution < -0.4 is 5.32 Å². The van der Waals surface area contributed by atoms with Gasteiger partial charge in [0, 0.05) is 0 Å². The Hall–Kier alpha value is -1.94. The van der Waals surface area contributed by atoms with Gasteiger partial charge in [0.05, 0.1) is 11.2 Å². The fraction of sp³-hybridized carbons (Fsp3) is 0.500. The van der Waals surface area contributed by atoms with Crippen molar-refractivity contribution >= 4 is 32.2 Å². The van der Waals surface area contributed by atoms with Crippen molar-refractivity contribution in [3.63, 3.8) is 0 Å². The van der Waals surface area contributed by atoms with Gasteiger partial charge in [-0.25, -0.2) is 22.2 Å². The van der Waals surface area contributed by atoms with Crippen LogP contribution >= 0.6 is 11.3 Å². The number of sulfone groups is 1. The summed E-state index contributed by atoms with van der Waals surface area (Å²) >= 11 is 0.462. The number of carbonyl (C=O) groups excluding carboxylic acids is 1. The molecule has 0 spiro atoms. The first-order valence-electron chi connectivity index (χ1n) is 9.80. The second kappa shape index (κ2) is 8.30. The van der Waals surface area contributed by atoms with E-state index in [1.807, 2.05) is 0 Å². The van der Waals surface area contributed by atoms with Crippen LogP contribution in [0.15, 0.2) is 35.4 Å². The van der Waals surface area contributed by atoms with E-state index in [0.717, 1.165) is 0 Å². The minimum atomic E-state index is -3.83. The number of thiazole rings is 1. The lowest BCUT2D eigenvalue weighted by molar-refractivity contribution is -0.118. The number of amides is 1. The molecule has 2 unspecified atom stereocenters. The Balaban J connectivity index is 1.54. The van der Waals surface area contributed by atoms with Gasteiger partial charge >= 0.3 is 0 Å². The highest BCUT2D eigenvalue weighted by atomic mass is 32.2. The molecule has 2 saturated carbocycles. The third-order valence-corrected chi connectivity index (χ3v) is 8.66. The first-order valence-corrected chi connectivity index (χ1v) is 12.2. The zero-order chi connectivity index (χ0) is 21.5. The van der Waals surface area contributed by atoms with Crippen LogP contribution in [0.4, 0.5) is 18.3 Å². The van der Waals surface area contributed by atoms with E-state index < -0.39 is 49.4 Å². The maximum Gasteiger partial charge on any atom is 0.233 e. The minimum Gasteiger partial charge on any atom is -0.301 e. The SMILES string of the molecule is O=C(Nc1nc(S(=O)(=O)C2CC2)c(F)s1)C(CC1C[C@@H](F)[C@@H](F)C1)c1ccccc1. The number of aromatic nitrogens is 1. The number of rotatable bonds is 7. The Labute approximate surface area is 176 Å². The Bertz CT molecular complexity index is 1020. The molecule has 2 fully saturated rings. The van der Waals surface area contributed by atoms with E-state index in [-0.39, 0.29) is 30.3 Å². The summed E-state index contributed by atoms with van der Waals surface area (Å²) in [5, 5.41) is 0.171. The van der Waals surface area contributed by atoms with Gasteiger partial charge in [-0.15, -0.1) is 0 Å². The molecule has 2 aliphatic carbocycles. The van der Waals surface area contributed by atoms with Gasteiger partial charge in [-0.2, -0.15) is 4.39 Å². The smallest absolute Gasteiger partial charge is 0.233 e. The van der Waals surface area contributed by atoms with Crippen molar-refractivity contribution in [2.75, 3.05) is 5.32 Å². The largest absolute Gasteiger partial charge is 0.301 e. The average molecular weight is 459 g/mol. The highest BCUT2D eigenvalue weighted by molar-refractivity contribution is 7.92. The lowest BCUT2D eigenvalue weighted by atomic mass is 9.87. The second-order valence-electron chi connectivity index (χ2n) is 7.90. The summed E-state index contributed by atoms with van der Waals surface area (Å²) in [6.45, 7) is 0. The third kappa shape index (κ3) is 4.39. The van der Waals surface area contributed by atoms with Crippen molar-refractivity contribution in [3.05, 3.63) is 41.0 Å². The highest BCUT2D eigenvalue weighted by Gasteiger charge is 2.41. The van der Waals surface area contributed by atoms with Gasteiger partial charge in [0.25, 0.3) is 0 Å². The normalized spacial score (nSPS) is 25.2. The molecule has 1 aromatic carbocycles. The van der Waals surface area contributed by atoms with Crippen LogP contribution in [0.2, 0.25) is 0 Å². The predicted molar refractivity (Wildman–Crippen MR) is 107 cm³/mol. The van der Waals surface area contributed by atoms with Gasteiger partial charge in [-0.3, -0.25) is 4.79 Å². The molecule has 10 heteroatoms. The maximum absolute atomic E-state index is 14.2. The number of nitrogens with one attached hydrogen (secondary N) is 1. The summed E-state index contributed by atoms with van der Waals surface area (Å²) in [6, 6.07) is 8.77. The second-order valence-corrected chi connectivity index (χ2v) is 11.0. The summed E-state index contributed by atoms with van der Waals surface area (Å²) < 4.78 is 66.0. The number of halogens is 3. The molecule has 4 atom stereocenters. The zero-order valence-corrected chi connectivity index (χ0v) is 17.6. The summed E-state index contributed by atoms with van der Waals surface area (Å²) in [6.07, 6.45) is -1.78. The monoisotopic (exact) mass is 458 g/mol. The summed E-state index contributed by atoms with van der Waals surface area (Å²) in [7, 11) is -3.83. The lowest BCUT2D eigenvalue weighted by Crippen LogP contribution is -2.23. The number of alkyl halides is 2. The number of anilines is 1. The molecule has 1 N–H and O–H groups in total. The highest BCUT2D eigenvalue weighted by Crippen LogP contribution is 2.39. The van der Waals surface area contributed by atoms with Crippen LogP contribution in [0.25, 0.3) is 0 Å². The zero-order valence-electron chi connectivity index (χ0n) is 15.9. The lowest BCUT2D eigenvalue weighted by Gasteiger charge is -2.20.